The lowest BCUT2D eigenvalue weighted by Crippen LogP contribution is -2.00. The Morgan fingerprint density at radius 2 is 2.13 bits per heavy atom. The van der Waals surface area contributed by atoms with Crippen LogP contribution in [0.1, 0.15) is 11.3 Å². The number of aromatic hydroxyl groups is 1. The van der Waals surface area contributed by atoms with Gasteiger partial charge < -0.3 is 15.2 Å². The van der Waals surface area contributed by atoms with E-state index in [2.05, 4.69) is 15.3 Å². The third-order valence-corrected chi connectivity index (χ3v) is 3.80. The maximum absolute atomic E-state index is 9.47. The minimum Gasteiger partial charge on any atom is -0.508 e. The topological polar surface area (TPSA) is 67.3 Å². The van der Waals surface area contributed by atoms with E-state index in [1.54, 1.807) is 24.4 Å². The van der Waals surface area contributed by atoms with Crippen LogP contribution in [0.25, 0.3) is 0 Å². The zero-order valence-corrected chi connectivity index (χ0v) is 14.0. The fourth-order valence-electron chi connectivity index (χ4n) is 1.92. The van der Waals surface area contributed by atoms with E-state index in [-0.39, 0.29) is 18.2 Å². The highest BCUT2D eigenvalue weighted by molar-refractivity contribution is 7.13. The van der Waals surface area contributed by atoms with E-state index < -0.39 is 0 Å². The SMILES string of the molecule is Cc1csc(Nc2ncccc2OCc2cccc(O)c2)n1.Cl. The molecule has 2 heterocycles. The van der Waals surface area contributed by atoms with Gasteiger partial charge in [-0.3, -0.25) is 0 Å². The molecule has 0 aliphatic rings. The van der Waals surface area contributed by atoms with Gasteiger partial charge in [-0.2, -0.15) is 0 Å². The van der Waals surface area contributed by atoms with E-state index in [4.69, 9.17) is 4.74 Å². The van der Waals surface area contributed by atoms with Gasteiger partial charge in [-0.25, -0.2) is 9.97 Å². The van der Waals surface area contributed by atoms with Crippen LogP contribution in [0.3, 0.4) is 0 Å². The van der Waals surface area contributed by atoms with Crippen molar-refractivity contribution in [1.82, 2.24) is 9.97 Å². The summed E-state index contributed by atoms with van der Waals surface area (Å²) in [6, 6.07) is 10.6. The third kappa shape index (κ3) is 4.58. The lowest BCUT2D eigenvalue weighted by Gasteiger charge is -2.11. The van der Waals surface area contributed by atoms with Gasteiger partial charge in [0, 0.05) is 11.6 Å². The number of ether oxygens (including phenoxy) is 1. The molecule has 0 radical (unpaired) electrons. The minimum atomic E-state index is 0. The summed E-state index contributed by atoms with van der Waals surface area (Å²) in [5, 5.41) is 15.4. The van der Waals surface area contributed by atoms with E-state index in [1.807, 2.05) is 30.5 Å². The molecule has 0 spiro atoms. The molecule has 0 aliphatic heterocycles. The highest BCUT2D eigenvalue weighted by Crippen LogP contribution is 2.27. The number of hydrogen-bond donors (Lipinski definition) is 2. The Kier molecular flexibility index (Phi) is 5.78. The molecular formula is C16H16ClN3O2S. The van der Waals surface area contributed by atoms with Crippen molar-refractivity contribution in [2.45, 2.75) is 13.5 Å². The molecule has 0 bridgehead atoms. The molecule has 2 N–H and O–H groups in total. The summed E-state index contributed by atoms with van der Waals surface area (Å²) in [6.45, 7) is 2.30. The van der Waals surface area contributed by atoms with Gasteiger partial charge in [-0.1, -0.05) is 12.1 Å². The standard InChI is InChI=1S/C16H15N3O2S.ClH/c1-11-10-22-16(18-11)19-15-14(6-3-7-17-15)21-9-12-4-2-5-13(20)8-12;/h2-8,10,20H,9H2,1H3,(H,17,18,19);1H. The molecule has 2 aromatic heterocycles. The molecule has 3 aromatic rings. The van der Waals surface area contributed by atoms with Crippen LogP contribution in [0.5, 0.6) is 11.5 Å². The molecule has 5 nitrogen and oxygen atoms in total. The number of thiazole rings is 1. The second-order valence-electron chi connectivity index (χ2n) is 4.73. The molecule has 0 unspecified atom stereocenters. The van der Waals surface area contributed by atoms with Gasteiger partial charge in [0.1, 0.15) is 12.4 Å². The molecule has 0 saturated carbocycles. The number of aryl methyl sites for hydroxylation is 1. The zero-order chi connectivity index (χ0) is 15.4. The maximum atomic E-state index is 9.47. The predicted octanol–water partition coefficient (Wildman–Crippen LogP) is 4.30. The quantitative estimate of drug-likeness (QED) is 0.719. The molecule has 3 rings (SSSR count). The molecular weight excluding hydrogens is 334 g/mol. The van der Waals surface area contributed by atoms with Crippen molar-refractivity contribution in [3.05, 3.63) is 59.2 Å². The molecule has 7 heteroatoms. The number of benzene rings is 1. The number of pyridine rings is 1. The smallest absolute Gasteiger partial charge is 0.188 e. The van der Waals surface area contributed by atoms with Crippen LogP contribution < -0.4 is 10.1 Å². The Labute approximate surface area is 144 Å². The summed E-state index contributed by atoms with van der Waals surface area (Å²) < 4.78 is 5.80. The van der Waals surface area contributed by atoms with Crippen LogP contribution in [-0.2, 0) is 6.61 Å². The first-order chi connectivity index (χ1) is 10.7. The van der Waals surface area contributed by atoms with Crippen molar-refractivity contribution in [1.29, 1.82) is 0 Å². The van der Waals surface area contributed by atoms with Crippen molar-refractivity contribution in [2.24, 2.45) is 0 Å². The van der Waals surface area contributed by atoms with Gasteiger partial charge in [-0.15, -0.1) is 23.7 Å². The highest BCUT2D eigenvalue weighted by atomic mass is 35.5. The Bertz CT molecular complexity index is 779. The number of nitrogens with one attached hydrogen (secondary N) is 1. The van der Waals surface area contributed by atoms with E-state index in [1.165, 1.54) is 11.3 Å². The summed E-state index contributed by atoms with van der Waals surface area (Å²) in [5.41, 5.74) is 1.85. The maximum Gasteiger partial charge on any atom is 0.188 e. The van der Waals surface area contributed by atoms with E-state index >= 15 is 0 Å². The van der Waals surface area contributed by atoms with Crippen molar-refractivity contribution in [3.8, 4) is 11.5 Å². The first kappa shape index (κ1) is 17.1. The van der Waals surface area contributed by atoms with Gasteiger partial charge in [0.15, 0.2) is 16.7 Å². The van der Waals surface area contributed by atoms with Crippen LogP contribution in [0.4, 0.5) is 10.9 Å². The van der Waals surface area contributed by atoms with Gasteiger partial charge in [0.2, 0.25) is 0 Å². The second-order valence-corrected chi connectivity index (χ2v) is 5.59. The average Bonchev–Trinajstić information content (AvgIpc) is 2.92. The average molecular weight is 350 g/mol. The van der Waals surface area contributed by atoms with Gasteiger partial charge in [-0.05, 0) is 36.8 Å². The Morgan fingerprint density at radius 3 is 2.87 bits per heavy atom. The van der Waals surface area contributed by atoms with Crippen molar-refractivity contribution >= 4 is 34.7 Å². The number of hydrogen-bond acceptors (Lipinski definition) is 6. The summed E-state index contributed by atoms with van der Waals surface area (Å²) in [7, 11) is 0. The normalized spacial score (nSPS) is 9.96. The predicted molar refractivity (Wildman–Crippen MR) is 94.1 cm³/mol. The number of phenols is 1. The molecule has 0 saturated heterocycles. The summed E-state index contributed by atoms with van der Waals surface area (Å²) in [6.07, 6.45) is 1.70. The molecule has 0 atom stereocenters. The number of anilines is 2. The molecule has 0 fully saturated rings. The minimum absolute atomic E-state index is 0. The van der Waals surface area contributed by atoms with Gasteiger partial charge in [0.25, 0.3) is 0 Å². The fourth-order valence-corrected chi connectivity index (χ4v) is 2.61. The number of halogens is 1. The Hall–Kier alpha value is -2.31. The Balaban J connectivity index is 0.00000192. The van der Waals surface area contributed by atoms with Crippen LogP contribution in [-0.4, -0.2) is 15.1 Å². The number of rotatable bonds is 5. The number of nitrogens with zero attached hydrogens (tertiary/aromatic N) is 2. The molecule has 120 valence electrons. The van der Waals surface area contributed by atoms with Gasteiger partial charge >= 0.3 is 0 Å². The summed E-state index contributed by atoms with van der Waals surface area (Å²) >= 11 is 1.52. The molecule has 0 amide bonds. The fraction of sp³-hybridized carbons (Fsp3) is 0.125. The summed E-state index contributed by atoms with van der Waals surface area (Å²) in [4.78, 5) is 8.65. The molecule has 0 aliphatic carbocycles. The van der Waals surface area contributed by atoms with E-state index in [9.17, 15) is 5.11 Å². The van der Waals surface area contributed by atoms with Gasteiger partial charge in [0.05, 0.1) is 5.69 Å². The van der Waals surface area contributed by atoms with Crippen LogP contribution in [0, 0.1) is 6.92 Å². The summed E-state index contributed by atoms with van der Waals surface area (Å²) in [5.74, 6) is 1.49. The molecule has 23 heavy (non-hydrogen) atoms. The second kappa shape index (κ2) is 7.80. The largest absolute Gasteiger partial charge is 0.508 e. The van der Waals surface area contributed by atoms with E-state index in [0.717, 1.165) is 16.4 Å². The lowest BCUT2D eigenvalue weighted by molar-refractivity contribution is 0.306. The highest BCUT2D eigenvalue weighted by Gasteiger charge is 2.07. The lowest BCUT2D eigenvalue weighted by atomic mass is 10.2. The first-order valence-corrected chi connectivity index (χ1v) is 7.63. The molecule has 1 aromatic carbocycles. The monoisotopic (exact) mass is 349 g/mol. The zero-order valence-electron chi connectivity index (χ0n) is 12.4. The van der Waals surface area contributed by atoms with Crippen molar-refractivity contribution < 1.29 is 9.84 Å². The first-order valence-electron chi connectivity index (χ1n) is 6.75. The van der Waals surface area contributed by atoms with Crippen LogP contribution in [0.15, 0.2) is 48.0 Å². The Morgan fingerprint density at radius 1 is 1.26 bits per heavy atom. The number of aromatic nitrogens is 2. The third-order valence-electron chi connectivity index (χ3n) is 2.92. The van der Waals surface area contributed by atoms with Crippen molar-refractivity contribution in [3.63, 3.8) is 0 Å². The van der Waals surface area contributed by atoms with E-state index in [0.29, 0.717) is 18.2 Å². The number of phenolic OH excluding ortho intramolecular Hbond substituents is 1. The van der Waals surface area contributed by atoms with Crippen LogP contribution >= 0.6 is 23.7 Å². The van der Waals surface area contributed by atoms with Crippen LogP contribution in [0.2, 0.25) is 0 Å². The van der Waals surface area contributed by atoms with Crippen molar-refractivity contribution in [2.75, 3.05) is 5.32 Å².